The van der Waals surface area contributed by atoms with E-state index in [1.807, 2.05) is 4.90 Å². The predicted molar refractivity (Wildman–Crippen MR) is 167 cm³/mol. The van der Waals surface area contributed by atoms with Gasteiger partial charge in [-0.3, -0.25) is 9.69 Å². The Hall–Kier alpha value is -3.69. The number of benzene rings is 2. The maximum absolute atomic E-state index is 12.2. The minimum atomic E-state index is -0.0138. The topological polar surface area (TPSA) is 74.3 Å². The van der Waals surface area contributed by atoms with Gasteiger partial charge in [0.1, 0.15) is 5.82 Å². The van der Waals surface area contributed by atoms with Crippen LogP contribution in [0.5, 0.6) is 6.01 Å². The van der Waals surface area contributed by atoms with E-state index < -0.39 is 0 Å². The van der Waals surface area contributed by atoms with Crippen LogP contribution in [-0.2, 0) is 22.5 Å². The Balaban J connectivity index is 1.26. The molecule has 1 aromatic heterocycles. The molecule has 3 aliphatic heterocycles. The van der Waals surface area contributed by atoms with Gasteiger partial charge in [-0.2, -0.15) is 9.97 Å². The van der Waals surface area contributed by atoms with Crippen LogP contribution in [-0.4, -0.2) is 97.9 Å². The van der Waals surface area contributed by atoms with Crippen LogP contribution in [0.3, 0.4) is 0 Å². The summed E-state index contributed by atoms with van der Waals surface area (Å²) in [6.45, 7) is 17.5. The molecule has 3 aliphatic rings. The molecule has 0 radical (unpaired) electrons. The summed E-state index contributed by atoms with van der Waals surface area (Å²) in [7, 11) is 0. The monoisotopic (exact) mass is 570 g/mol. The van der Waals surface area contributed by atoms with Crippen LogP contribution >= 0.6 is 0 Å². The molecule has 1 amide bonds. The average molecular weight is 571 g/mol. The summed E-state index contributed by atoms with van der Waals surface area (Å²) in [5.41, 5.74) is 6.14. The van der Waals surface area contributed by atoms with Crippen molar-refractivity contribution in [2.24, 2.45) is 0 Å². The number of amides is 1. The number of rotatable bonds is 8. The van der Waals surface area contributed by atoms with E-state index in [2.05, 4.69) is 65.5 Å². The van der Waals surface area contributed by atoms with Crippen molar-refractivity contribution in [1.29, 1.82) is 0 Å². The SMILES string of the molecule is C=CC(=O)N1CCN(c2nc(OCCCN3CCOCC3)nc3c2CCN(c2c(C)c(C)cc4ccccc24)C3)CC1. The summed E-state index contributed by atoms with van der Waals surface area (Å²) in [5.74, 6) is 0.944. The zero-order valence-corrected chi connectivity index (χ0v) is 25.0. The predicted octanol–water partition coefficient (Wildman–Crippen LogP) is 3.75. The van der Waals surface area contributed by atoms with Crippen LogP contribution in [0.25, 0.3) is 10.8 Å². The number of hydrogen-bond donors (Lipinski definition) is 0. The van der Waals surface area contributed by atoms with E-state index in [1.165, 1.54) is 39.2 Å². The number of piperazine rings is 1. The molecule has 0 N–H and O–H groups in total. The van der Waals surface area contributed by atoms with E-state index in [4.69, 9.17) is 19.4 Å². The Labute approximate surface area is 248 Å². The van der Waals surface area contributed by atoms with E-state index in [1.54, 1.807) is 0 Å². The highest BCUT2D eigenvalue weighted by Gasteiger charge is 2.29. The Kier molecular flexibility index (Phi) is 8.58. The van der Waals surface area contributed by atoms with Crippen LogP contribution in [0.1, 0.15) is 28.8 Å². The fourth-order valence-electron chi connectivity index (χ4n) is 6.43. The first-order valence-corrected chi connectivity index (χ1v) is 15.2. The first-order chi connectivity index (χ1) is 20.5. The number of carbonyl (C=O) groups excluding carboxylic acids is 1. The van der Waals surface area contributed by atoms with Crippen LogP contribution in [0.15, 0.2) is 43.0 Å². The van der Waals surface area contributed by atoms with E-state index in [-0.39, 0.29) is 5.91 Å². The van der Waals surface area contributed by atoms with E-state index in [9.17, 15) is 4.79 Å². The number of anilines is 2. The molecule has 0 aliphatic carbocycles. The van der Waals surface area contributed by atoms with Crippen molar-refractivity contribution >= 4 is 28.2 Å². The second-order valence-corrected chi connectivity index (χ2v) is 11.5. The van der Waals surface area contributed by atoms with Gasteiger partial charge in [-0.1, -0.05) is 36.9 Å². The average Bonchev–Trinajstić information content (AvgIpc) is 3.03. The van der Waals surface area contributed by atoms with Crippen molar-refractivity contribution in [2.45, 2.75) is 33.2 Å². The number of hydrogen-bond acceptors (Lipinski definition) is 8. The fourth-order valence-corrected chi connectivity index (χ4v) is 6.43. The van der Waals surface area contributed by atoms with Crippen molar-refractivity contribution in [3.8, 4) is 6.01 Å². The molecule has 0 unspecified atom stereocenters. The van der Waals surface area contributed by atoms with E-state index in [0.29, 0.717) is 32.3 Å². The fraction of sp³-hybridized carbons (Fsp3) is 0.485. The number of ether oxygens (including phenoxy) is 2. The molecule has 0 spiro atoms. The molecule has 2 aromatic carbocycles. The third-order valence-corrected chi connectivity index (χ3v) is 8.89. The lowest BCUT2D eigenvalue weighted by Crippen LogP contribution is -2.49. The Morgan fingerprint density at radius 1 is 1.02 bits per heavy atom. The molecule has 0 saturated carbocycles. The quantitative estimate of drug-likeness (QED) is 0.300. The summed E-state index contributed by atoms with van der Waals surface area (Å²) < 4.78 is 11.7. The minimum Gasteiger partial charge on any atom is -0.463 e. The maximum Gasteiger partial charge on any atom is 0.318 e. The molecule has 4 heterocycles. The first kappa shape index (κ1) is 28.4. The normalized spacial score (nSPS) is 17.8. The molecule has 0 atom stereocenters. The molecule has 9 nitrogen and oxygen atoms in total. The zero-order chi connectivity index (χ0) is 29.1. The smallest absolute Gasteiger partial charge is 0.318 e. The van der Waals surface area contributed by atoms with E-state index >= 15 is 0 Å². The standard InChI is InChI=1S/C33H42N6O3/c1-4-30(40)37-13-15-38(16-14-37)32-28-10-12-39(31-25(3)24(2)22-26-8-5-6-9-27(26)31)23-29(28)34-33(35-32)42-19-7-11-36-17-20-41-21-18-36/h4-6,8-9,22H,1,7,10-21,23H2,2-3H3. The molecule has 2 saturated heterocycles. The third kappa shape index (κ3) is 5.94. The summed E-state index contributed by atoms with van der Waals surface area (Å²) in [5, 5.41) is 2.54. The zero-order valence-electron chi connectivity index (χ0n) is 25.0. The van der Waals surface area contributed by atoms with Gasteiger partial charge in [0.15, 0.2) is 0 Å². The Bertz CT molecular complexity index is 1450. The van der Waals surface area contributed by atoms with Gasteiger partial charge in [0.2, 0.25) is 5.91 Å². The molecule has 9 heteroatoms. The molecule has 0 bridgehead atoms. The van der Waals surface area contributed by atoms with Gasteiger partial charge in [0, 0.05) is 69.0 Å². The molecular weight excluding hydrogens is 528 g/mol. The molecule has 3 aromatic rings. The van der Waals surface area contributed by atoms with Crippen molar-refractivity contribution in [3.05, 3.63) is 65.4 Å². The van der Waals surface area contributed by atoms with Gasteiger partial charge in [-0.25, -0.2) is 0 Å². The highest BCUT2D eigenvalue weighted by atomic mass is 16.5. The Morgan fingerprint density at radius 2 is 1.81 bits per heavy atom. The van der Waals surface area contributed by atoms with Crippen LogP contribution in [0.4, 0.5) is 11.5 Å². The van der Waals surface area contributed by atoms with Gasteiger partial charge < -0.3 is 24.2 Å². The minimum absolute atomic E-state index is 0.0138. The Morgan fingerprint density at radius 3 is 2.60 bits per heavy atom. The lowest BCUT2D eigenvalue weighted by atomic mass is 9.96. The van der Waals surface area contributed by atoms with Gasteiger partial charge in [-0.15, -0.1) is 0 Å². The van der Waals surface area contributed by atoms with Crippen LogP contribution in [0.2, 0.25) is 0 Å². The van der Waals surface area contributed by atoms with Gasteiger partial charge >= 0.3 is 6.01 Å². The van der Waals surface area contributed by atoms with Crippen molar-refractivity contribution < 1.29 is 14.3 Å². The largest absolute Gasteiger partial charge is 0.463 e. The summed E-state index contributed by atoms with van der Waals surface area (Å²) in [4.78, 5) is 31.2. The first-order valence-electron chi connectivity index (χ1n) is 15.2. The van der Waals surface area contributed by atoms with Gasteiger partial charge in [0.25, 0.3) is 0 Å². The number of morpholine rings is 1. The number of aromatic nitrogens is 2. The second kappa shape index (κ2) is 12.7. The lowest BCUT2D eigenvalue weighted by Gasteiger charge is -2.38. The summed E-state index contributed by atoms with van der Waals surface area (Å²) in [6.07, 6.45) is 3.17. The number of aryl methyl sites for hydroxylation is 1. The molecular formula is C33H42N6O3. The molecule has 42 heavy (non-hydrogen) atoms. The third-order valence-electron chi connectivity index (χ3n) is 8.89. The lowest BCUT2D eigenvalue weighted by molar-refractivity contribution is -0.126. The molecule has 6 rings (SSSR count). The van der Waals surface area contributed by atoms with Crippen LogP contribution < -0.4 is 14.5 Å². The molecule has 2 fully saturated rings. The van der Waals surface area contributed by atoms with Gasteiger partial charge in [-0.05, 0) is 49.3 Å². The summed E-state index contributed by atoms with van der Waals surface area (Å²) >= 11 is 0. The van der Waals surface area contributed by atoms with Crippen molar-refractivity contribution in [2.75, 3.05) is 82.0 Å². The van der Waals surface area contributed by atoms with Gasteiger partial charge in [0.05, 0.1) is 32.1 Å². The number of fused-ring (bicyclic) bond motifs is 2. The maximum atomic E-state index is 12.2. The van der Waals surface area contributed by atoms with Crippen molar-refractivity contribution in [1.82, 2.24) is 19.8 Å². The van der Waals surface area contributed by atoms with Crippen molar-refractivity contribution in [3.63, 3.8) is 0 Å². The van der Waals surface area contributed by atoms with E-state index in [0.717, 1.165) is 76.8 Å². The highest BCUT2D eigenvalue weighted by Crippen LogP contribution is 2.37. The highest BCUT2D eigenvalue weighted by molar-refractivity contribution is 5.97. The number of nitrogens with zero attached hydrogens (tertiary/aromatic N) is 6. The van der Waals surface area contributed by atoms with Crippen LogP contribution in [0, 0.1) is 13.8 Å². The number of carbonyl (C=O) groups is 1. The molecule has 222 valence electrons. The summed E-state index contributed by atoms with van der Waals surface area (Å²) in [6, 6.07) is 11.4. The second-order valence-electron chi connectivity index (χ2n) is 11.5.